The minimum atomic E-state index is -4.33. The van der Waals surface area contributed by atoms with Crippen molar-refractivity contribution in [1.29, 1.82) is 0 Å². The van der Waals surface area contributed by atoms with Gasteiger partial charge in [-0.15, -0.1) is 0 Å². The van der Waals surface area contributed by atoms with E-state index in [9.17, 15) is 13.2 Å². The maximum Gasteiger partial charge on any atom is 0.412 e. The lowest BCUT2D eigenvalue weighted by molar-refractivity contribution is -0.0912. The maximum atomic E-state index is 12.6. The van der Waals surface area contributed by atoms with Crippen molar-refractivity contribution in [1.82, 2.24) is 9.55 Å². The van der Waals surface area contributed by atoms with Crippen LogP contribution in [0.4, 0.5) is 13.2 Å². The molecular weight excluding hydrogens is 301 g/mol. The number of halogens is 3. The van der Waals surface area contributed by atoms with E-state index in [0.29, 0.717) is 17.9 Å². The second-order valence-corrected chi connectivity index (χ2v) is 5.04. The minimum Gasteiger partial charge on any atom is -0.327 e. The van der Waals surface area contributed by atoms with Crippen molar-refractivity contribution in [3.63, 3.8) is 0 Å². The molecule has 0 saturated heterocycles. The number of alkyl halides is 3. The van der Waals surface area contributed by atoms with E-state index >= 15 is 0 Å². The maximum absolute atomic E-state index is 12.6. The second-order valence-electron chi connectivity index (χ2n) is 5.04. The van der Waals surface area contributed by atoms with Gasteiger partial charge in [-0.25, -0.2) is 4.98 Å². The van der Waals surface area contributed by atoms with Gasteiger partial charge in [0.15, 0.2) is 0 Å². The summed E-state index contributed by atoms with van der Waals surface area (Å²) in [6.45, 7) is 5.30. The van der Waals surface area contributed by atoms with Gasteiger partial charge in [0.05, 0.1) is 0 Å². The Morgan fingerprint density at radius 3 is 2.52 bits per heavy atom. The number of rotatable bonds is 5. The summed E-state index contributed by atoms with van der Waals surface area (Å²) in [4.78, 5) is 4.24. The van der Waals surface area contributed by atoms with Gasteiger partial charge in [-0.05, 0) is 12.5 Å². The molecule has 0 radical (unpaired) electrons. The van der Waals surface area contributed by atoms with Crippen LogP contribution in [0.2, 0.25) is 0 Å². The fourth-order valence-corrected chi connectivity index (χ4v) is 2.02. The predicted molar refractivity (Wildman–Crippen MR) is 85.8 cm³/mol. The van der Waals surface area contributed by atoms with E-state index in [4.69, 9.17) is 0 Å². The zero-order valence-electron chi connectivity index (χ0n) is 12.7. The monoisotopic (exact) mass is 318 g/mol. The zero-order valence-corrected chi connectivity index (χ0v) is 12.7. The van der Waals surface area contributed by atoms with Crippen LogP contribution in [-0.4, -0.2) is 15.7 Å². The highest BCUT2D eigenvalue weighted by Crippen LogP contribution is 2.25. The van der Waals surface area contributed by atoms with Crippen LogP contribution in [0.5, 0.6) is 0 Å². The van der Waals surface area contributed by atoms with Crippen molar-refractivity contribution >= 4 is 5.57 Å². The molecule has 0 atom stereocenters. The number of allylic oxidation sites excluding steroid dienone is 5. The van der Waals surface area contributed by atoms with Crippen LogP contribution in [0.15, 0.2) is 73.1 Å². The van der Waals surface area contributed by atoms with E-state index in [-0.39, 0.29) is 0 Å². The summed E-state index contributed by atoms with van der Waals surface area (Å²) in [5.41, 5.74) is 0.949. The highest BCUT2D eigenvalue weighted by Gasteiger charge is 2.29. The first-order valence-electron chi connectivity index (χ1n) is 7.05. The first kappa shape index (κ1) is 16.8. The van der Waals surface area contributed by atoms with Crippen molar-refractivity contribution in [3.05, 3.63) is 84.5 Å². The minimum absolute atomic E-state index is 0.537. The topological polar surface area (TPSA) is 17.8 Å². The molecule has 5 heteroatoms. The highest BCUT2D eigenvalue weighted by atomic mass is 19.4. The molecule has 0 amide bonds. The van der Waals surface area contributed by atoms with E-state index in [1.807, 2.05) is 34.9 Å². The lowest BCUT2D eigenvalue weighted by Gasteiger charge is -2.09. The Morgan fingerprint density at radius 2 is 1.91 bits per heavy atom. The van der Waals surface area contributed by atoms with Crippen molar-refractivity contribution < 1.29 is 13.2 Å². The van der Waals surface area contributed by atoms with Crippen LogP contribution in [0.1, 0.15) is 18.3 Å². The lowest BCUT2D eigenvalue weighted by atomic mass is 10.1. The van der Waals surface area contributed by atoms with Crippen molar-refractivity contribution in [3.8, 4) is 0 Å². The Balaban J connectivity index is 2.30. The van der Waals surface area contributed by atoms with E-state index in [0.717, 1.165) is 18.6 Å². The number of nitrogens with zero attached hydrogens (tertiary/aromatic N) is 2. The van der Waals surface area contributed by atoms with E-state index in [1.54, 1.807) is 12.4 Å². The van der Waals surface area contributed by atoms with E-state index < -0.39 is 11.7 Å². The van der Waals surface area contributed by atoms with Crippen LogP contribution in [0, 0.1) is 0 Å². The molecule has 2 nitrogen and oxygen atoms in total. The fraction of sp³-hybridized carbons (Fsp3) is 0.167. The van der Waals surface area contributed by atoms with E-state index in [1.165, 1.54) is 12.2 Å². The molecule has 2 aromatic rings. The summed E-state index contributed by atoms with van der Waals surface area (Å²) >= 11 is 0. The zero-order chi connectivity index (χ0) is 16.9. The standard InChI is InChI=1S/C18H17F3N2/c1-3-16(10-9-14(2)18(19,20)21)17-22-11-12-23(17)13-15-7-5-4-6-8-15/h3-12H,1,13H2,2H3/b14-9+,16-10+. The predicted octanol–water partition coefficient (Wildman–Crippen LogP) is 5.01. The van der Waals surface area contributed by atoms with Crippen molar-refractivity contribution in [2.24, 2.45) is 0 Å². The van der Waals surface area contributed by atoms with Gasteiger partial charge in [-0.3, -0.25) is 0 Å². The molecule has 120 valence electrons. The first-order valence-corrected chi connectivity index (χ1v) is 7.05. The van der Waals surface area contributed by atoms with Crippen LogP contribution in [0.25, 0.3) is 5.57 Å². The Labute approximate surface area is 133 Å². The summed E-state index contributed by atoms with van der Waals surface area (Å²) in [6, 6.07) is 9.76. The van der Waals surface area contributed by atoms with E-state index in [2.05, 4.69) is 11.6 Å². The van der Waals surface area contributed by atoms with Gasteiger partial charge < -0.3 is 4.57 Å². The Bertz CT molecular complexity index is 722. The highest BCUT2D eigenvalue weighted by molar-refractivity contribution is 5.70. The van der Waals surface area contributed by atoms with Gasteiger partial charge in [0.2, 0.25) is 0 Å². The molecule has 0 bridgehead atoms. The van der Waals surface area contributed by atoms with Gasteiger partial charge in [0.1, 0.15) is 5.82 Å². The third-order valence-corrected chi connectivity index (χ3v) is 3.35. The summed E-state index contributed by atoms with van der Waals surface area (Å²) < 4.78 is 39.6. The summed E-state index contributed by atoms with van der Waals surface area (Å²) in [6.07, 6.45) is 3.01. The van der Waals surface area contributed by atoms with Gasteiger partial charge >= 0.3 is 6.18 Å². The Kier molecular flexibility index (Phi) is 5.21. The van der Waals surface area contributed by atoms with Gasteiger partial charge in [0.25, 0.3) is 0 Å². The average Bonchev–Trinajstić information content (AvgIpc) is 2.96. The average molecular weight is 318 g/mol. The van der Waals surface area contributed by atoms with Crippen LogP contribution < -0.4 is 0 Å². The van der Waals surface area contributed by atoms with Crippen LogP contribution in [-0.2, 0) is 6.54 Å². The molecule has 23 heavy (non-hydrogen) atoms. The number of hydrogen-bond acceptors (Lipinski definition) is 1. The largest absolute Gasteiger partial charge is 0.412 e. The van der Waals surface area contributed by atoms with Crippen molar-refractivity contribution in [2.45, 2.75) is 19.6 Å². The number of imidazole rings is 1. The molecule has 0 spiro atoms. The molecule has 1 aromatic heterocycles. The molecule has 2 rings (SSSR count). The number of hydrogen-bond donors (Lipinski definition) is 0. The summed E-state index contributed by atoms with van der Waals surface area (Å²) in [7, 11) is 0. The Morgan fingerprint density at radius 1 is 1.22 bits per heavy atom. The second kappa shape index (κ2) is 7.13. The molecule has 1 heterocycles. The summed E-state index contributed by atoms with van der Waals surface area (Å²) in [5, 5.41) is 0. The van der Waals surface area contributed by atoms with Crippen LogP contribution in [0.3, 0.4) is 0 Å². The van der Waals surface area contributed by atoms with Gasteiger partial charge in [-0.2, -0.15) is 13.2 Å². The quantitative estimate of drug-likeness (QED) is 0.709. The SMILES string of the molecule is C=C/C(=C\C=C(/C)C(F)(F)F)c1nccn1Cc1ccccc1. The molecule has 0 unspecified atom stereocenters. The number of benzene rings is 1. The third kappa shape index (κ3) is 4.45. The van der Waals surface area contributed by atoms with Gasteiger partial charge in [0, 0.05) is 30.1 Å². The van der Waals surface area contributed by atoms with Crippen molar-refractivity contribution in [2.75, 3.05) is 0 Å². The third-order valence-electron chi connectivity index (χ3n) is 3.35. The molecule has 0 saturated carbocycles. The molecular formula is C18H17F3N2. The normalized spacial score (nSPS) is 13.2. The molecule has 0 aliphatic heterocycles. The Hall–Kier alpha value is -2.56. The fourth-order valence-electron chi connectivity index (χ4n) is 2.02. The van der Waals surface area contributed by atoms with Crippen LogP contribution >= 0.6 is 0 Å². The first-order chi connectivity index (χ1) is 10.9. The molecule has 0 fully saturated rings. The molecule has 0 N–H and O–H groups in total. The molecule has 0 aliphatic rings. The summed E-state index contributed by atoms with van der Waals surface area (Å²) in [5.74, 6) is 0.579. The molecule has 0 aliphatic carbocycles. The van der Waals surface area contributed by atoms with Gasteiger partial charge in [-0.1, -0.05) is 55.1 Å². The smallest absolute Gasteiger partial charge is 0.327 e. The number of aromatic nitrogens is 2. The lowest BCUT2D eigenvalue weighted by Crippen LogP contribution is -2.08. The molecule has 1 aromatic carbocycles.